The maximum Gasteiger partial charge on any atom is 0.420 e. The van der Waals surface area contributed by atoms with Gasteiger partial charge in [0.05, 0.1) is 5.56 Å². The van der Waals surface area contributed by atoms with E-state index in [1.165, 1.54) is 6.07 Å². The number of hydrogen-bond donors (Lipinski definition) is 1. The van der Waals surface area contributed by atoms with Gasteiger partial charge in [-0.1, -0.05) is 24.6 Å². The smallest absolute Gasteiger partial charge is 0.420 e. The second-order valence-corrected chi connectivity index (χ2v) is 7.60. The molecule has 2 aromatic heterocycles. The van der Waals surface area contributed by atoms with Gasteiger partial charge >= 0.3 is 6.18 Å². The third-order valence-electron chi connectivity index (χ3n) is 5.61. The molecule has 0 radical (unpaired) electrons. The van der Waals surface area contributed by atoms with Crippen molar-refractivity contribution in [1.29, 1.82) is 0 Å². The molecule has 8 heteroatoms. The molecule has 0 bridgehead atoms. The molecule has 0 atom stereocenters. The van der Waals surface area contributed by atoms with E-state index in [0.29, 0.717) is 22.5 Å². The molecule has 0 unspecified atom stereocenters. The van der Waals surface area contributed by atoms with Crippen LogP contribution in [0, 0.1) is 0 Å². The monoisotopic (exact) mass is 424 g/mol. The molecule has 0 aliphatic heterocycles. The van der Waals surface area contributed by atoms with E-state index in [1.54, 1.807) is 48.8 Å². The molecule has 0 amide bonds. The molecule has 0 saturated heterocycles. The fourth-order valence-electron chi connectivity index (χ4n) is 3.85. The first kappa shape index (κ1) is 19.4. The van der Waals surface area contributed by atoms with E-state index in [0.717, 1.165) is 31.2 Å². The number of para-hydroxylation sites is 1. The lowest BCUT2D eigenvalue weighted by Gasteiger charge is -2.23. The molecule has 1 fully saturated rings. The zero-order valence-electron chi connectivity index (χ0n) is 16.4. The Bertz CT molecular complexity index is 1250. The summed E-state index contributed by atoms with van der Waals surface area (Å²) in [6.45, 7) is 0. The molecule has 1 aliphatic rings. The number of rotatable bonds is 4. The van der Waals surface area contributed by atoms with E-state index in [9.17, 15) is 13.2 Å². The molecule has 5 nitrogen and oxygen atoms in total. The van der Waals surface area contributed by atoms with Crippen LogP contribution in [0.5, 0.6) is 11.5 Å². The molecule has 1 aliphatic carbocycles. The van der Waals surface area contributed by atoms with Crippen molar-refractivity contribution in [2.75, 3.05) is 5.73 Å². The van der Waals surface area contributed by atoms with Gasteiger partial charge in [0.1, 0.15) is 34.4 Å². The molecule has 31 heavy (non-hydrogen) atoms. The molecule has 0 spiro atoms. The Kier molecular flexibility index (Phi) is 4.57. The van der Waals surface area contributed by atoms with Crippen LogP contribution in [-0.4, -0.2) is 14.4 Å². The number of hydrogen-bond acceptors (Lipinski definition) is 4. The Morgan fingerprint density at radius 1 is 1.06 bits per heavy atom. The first-order chi connectivity index (χ1) is 14.9. The van der Waals surface area contributed by atoms with Crippen LogP contribution in [0.3, 0.4) is 0 Å². The fourth-order valence-corrected chi connectivity index (χ4v) is 3.85. The van der Waals surface area contributed by atoms with Gasteiger partial charge in [-0.25, -0.2) is 9.97 Å². The van der Waals surface area contributed by atoms with E-state index in [-0.39, 0.29) is 17.5 Å². The van der Waals surface area contributed by atoms with Gasteiger partial charge in [0.2, 0.25) is 0 Å². The van der Waals surface area contributed by atoms with Crippen molar-refractivity contribution in [2.45, 2.75) is 31.4 Å². The van der Waals surface area contributed by atoms with Crippen molar-refractivity contribution in [1.82, 2.24) is 14.4 Å². The first-order valence-corrected chi connectivity index (χ1v) is 9.99. The van der Waals surface area contributed by atoms with E-state index in [1.807, 2.05) is 4.40 Å². The number of imidazole rings is 1. The zero-order chi connectivity index (χ0) is 21.6. The lowest BCUT2D eigenvalue weighted by molar-refractivity contribution is -0.138. The van der Waals surface area contributed by atoms with Crippen molar-refractivity contribution in [3.05, 3.63) is 72.3 Å². The van der Waals surface area contributed by atoms with Crippen molar-refractivity contribution in [3.8, 4) is 22.8 Å². The molecule has 1 saturated carbocycles. The predicted octanol–water partition coefficient (Wildman–Crippen LogP) is 6.06. The summed E-state index contributed by atoms with van der Waals surface area (Å²) in [6, 6.07) is 12.3. The summed E-state index contributed by atoms with van der Waals surface area (Å²) in [5.74, 6) is 1.37. The third-order valence-corrected chi connectivity index (χ3v) is 5.61. The first-order valence-electron chi connectivity index (χ1n) is 9.99. The van der Waals surface area contributed by atoms with Gasteiger partial charge < -0.3 is 10.5 Å². The molecular weight excluding hydrogens is 405 g/mol. The molecular formula is C23H19F3N4O. The topological polar surface area (TPSA) is 65.4 Å². The second kappa shape index (κ2) is 7.30. The van der Waals surface area contributed by atoms with E-state index < -0.39 is 11.7 Å². The molecule has 158 valence electrons. The van der Waals surface area contributed by atoms with Gasteiger partial charge in [-0.3, -0.25) is 4.40 Å². The lowest BCUT2D eigenvalue weighted by Crippen LogP contribution is -2.12. The number of alkyl halides is 3. The maximum absolute atomic E-state index is 13.9. The van der Waals surface area contributed by atoms with Gasteiger partial charge in [-0.15, -0.1) is 0 Å². The number of halogens is 3. The van der Waals surface area contributed by atoms with E-state index >= 15 is 0 Å². The fraction of sp³-hybridized carbons (Fsp3) is 0.217. The van der Waals surface area contributed by atoms with Crippen molar-refractivity contribution >= 4 is 11.3 Å². The Balaban J connectivity index is 1.65. The Labute approximate surface area is 176 Å². The van der Waals surface area contributed by atoms with Gasteiger partial charge in [0.15, 0.2) is 0 Å². The summed E-state index contributed by atoms with van der Waals surface area (Å²) >= 11 is 0. The van der Waals surface area contributed by atoms with Crippen molar-refractivity contribution in [3.63, 3.8) is 0 Å². The van der Waals surface area contributed by atoms with Crippen LogP contribution in [-0.2, 0) is 6.18 Å². The number of ether oxygens (including phenoxy) is 1. The van der Waals surface area contributed by atoms with Crippen LogP contribution in [0.25, 0.3) is 16.8 Å². The van der Waals surface area contributed by atoms with Crippen LogP contribution >= 0.6 is 0 Å². The summed E-state index contributed by atoms with van der Waals surface area (Å²) in [6.07, 6.45) is 1.84. The van der Waals surface area contributed by atoms with Crippen LogP contribution < -0.4 is 10.5 Å². The third kappa shape index (κ3) is 3.48. The molecule has 2 N–H and O–H groups in total. The second-order valence-electron chi connectivity index (χ2n) is 7.60. The molecule has 2 aromatic carbocycles. The molecule has 5 rings (SSSR count). The predicted molar refractivity (Wildman–Crippen MR) is 111 cm³/mol. The van der Waals surface area contributed by atoms with Crippen LogP contribution in [0.1, 0.15) is 36.6 Å². The van der Waals surface area contributed by atoms with Crippen molar-refractivity contribution in [2.24, 2.45) is 0 Å². The van der Waals surface area contributed by atoms with Gasteiger partial charge in [0.25, 0.3) is 0 Å². The summed E-state index contributed by atoms with van der Waals surface area (Å²) in [7, 11) is 0. The minimum absolute atomic E-state index is 0.230. The number of fused-ring (bicyclic) bond motifs is 1. The number of nitrogen functional groups attached to an aromatic ring is 1. The highest BCUT2D eigenvalue weighted by Crippen LogP contribution is 2.43. The summed E-state index contributed by atoms with van der Waals surface area (Å²) in [5, 5.41) is 0. The number of nitrogens with zero attached hydrogens (tertiary/aromatic N) is 3. The lowest BCUT2D eigenvalue weighted by atomic mass is 9.85. The highest BCUT2D eigenvalue weighted by Gasteiger charge is 2.36. The number of aromatic nitrogens is 3. The minimum atomic E-state index is -4.60. The maximum atomic E-state index is 13.9. The van der Waals surface area contributed by atoms with E-state index in [2.05, 4.69) is 4.98 Å². The Morgan fingerprint density at radius 2 is 1.84 bits per heavy atom. The SMILES string of the molecule is Nc1nccn2c(C3CCC3)nc(-c3ccc(Oc4ccccc4)c(C(F)(F)F)c3)c12. The summed E-state index contributed by atoms with van der Waals surface area (Å²) < 4.78 is 49.1. The highest BCUT2D eigenvalue weighted by molar-refractivity contribution is 5.86. The standard InChI is InChI=1S/C23H19F3N4O/c24-23(25,26)17-13-15(9-10-18(17)31-16-7-2-1-3-8-16)19-20-21(27)28-11-12-30(20)22(29-19)14-5-4-6-14/h1-3,7-14H,4-6H2,(H2,27,28). The van der Waals surface area contributed by atoms with E-state index in [4.69, 9.17) is 15.5 Å². The Hall–Kier alpha value is -3.55. The summed E-state index contributed by atoms with van der Waals surface area (Å²) in [5.41, 5.74) is 6.46. The normalized spacial score (nSPS) is 14.5. The van der Waals surface area contributed by atoms with Crippen molar-refractivity contribution < 1.29 is 17.9 Å². The molecule has 4 aromatic rings. The largest absolute Gasteiger partial charge is 0.457 e. The zero-order valence-corrected chi connectivity index (χ0v) is 16.4. The van der Waals surface area contributed by atoms with Crippen LogP contribution in [0.2, 0.25) is 0 Å². The van der Waals surface area contributed by atoms with Gasteiger partial charge in [-0.2, -0.15) is 13.2 Å². The quantitative estimate of drug-likeness (QED) is 0.433. The van der Waals surface area contributed by atoms with Crippen LogP contribution in [0.15, 0.2) is 60.9 Å². The molecule has 2 heterocycles. The number of benzene rings is 2. The average Bonchev–Trinajstić information content (AvgIpc) is 3.08. The summed E-state index contributed by atoms with van der Waals surface area (Å²) in [4.78, 5) is 8.84. The minimum Gasteiger partial charge on any atom is -0.457 e. The van der Waals surface area contributed by atoms with Gasteiger partial charge in [0, 0.05) is 23.9 Å². The van der Waals surface area contributed by atoms with Crippen LogP contribution in [0.4, 0.5) is 19.0 Å². The number of nitrogens with two attached hydrogens (primary N) is 1. The Morgan fingerprint density at radius 3 is 2.52 bits per heavy atom. The number of anilines is 1. The van der Waals surface area contributed by atoms with Gasteiger partial charge in [-0.05, 0) is 43.2 Å². The highest BCUT2D eigenvalue weighted by atomic mass is 19.4. The average molecular weight is 424 g/mol.